The van der Waals surface area contributed by atoms with E-state index in [0.29, 0.717) is 44.0 Å². The summed E-state index contributed by atoms with van der Waals surface area (Å²) in [7, 11) is 1.50. The minimum atomic E-state index is -0.710. The molecular formula is C18H24N2O5. The molecule has 25 heavy (non-hydrogen) atoms. The second kappa shape index (κ2) is 8.50. The molecule has 0 aliphatic carbocycles. The third-order valence-corrected chi connectivity index (χ3v) is 4.20. The Morgan fingerprint density at radius 1 is 1.24 bits per heavy atom. The minimum absolute atomic E-state index is 0.205. The highest BCUT2D eigenvalue weighted by atomic mass is 16.5. The van der Waals surface area contributed by atoms with Crippen molar-refractivity contribution in [3.8, 4) is 5.75 Å². The molecule has 0 radical (unpaired) electrons. The Balaban J connectivity index is 1.94. The molecule has 1 fully saturated rings. The van der Waals surface area contributed by atoms with Crippen LogP contribution in [0, 0.1) is 12.8 Å². The molecule has 0 aromatic heterocycles. The van der Waals surface area contributed by atoms with Gasteiger partial charge in [-0.1, -0.05) is 6.07 Å². The van der Waals surface area contributed by atoms with E-state index in [1.54, 1.807) is 19.1 Å². The molecule has 0 saturated carbocycles. The van der Waals surface area contributed by atoms with Crippen LogP contribution in [0.25, 0.3) is 0 Å². The third kappa shape index (κ3) is 4.71. The normalized spacial score (nSPS) is 14.8. The fraction of sp³-hybridized carbons (Fsp3) is 0.500. The van der Waals surface area contributed by atoms with Gasteiger partial charge in [0.05, 0.1) is 25.3 Å². The summed E-state index contributed by atoms with van der Waals surface area (Å²) in [4.78, 5) is 37.8. The molecule has 2 amide bonds. The van der Waals surface area contributed by atoms with E-state index in [9.17, 15) is 14.4 Å². The molecule has 1 aliphatic rings. The molecule has 0 atom stereocenters. The lowest BCUT2D eigenvalue weighted by Gasteiger charge is -2.30. The van der Waals surface area contributed by atoms with E-state index in [0.717, 1.165) is 5.56 Å². The maximum Gasteiger partial charge on any atom is 0.314 e. The molecule has 7 nitrogen and oxygen atoms in total. The van der Waals surface area contributed by atoms with Gasteiger partial charge in [0.15, 0.2) is 0 Å². The van der Waals surface area contributed by atoms with E-state index in [-0.39, 0.29) is 11.9 Å². The number of piperidine rings is 1. The average Bonchev–Trinajstić information content (AvgIpc) is 2.61. The van der Waals surface area contributed by atoms with Crippen LogP contribution in [0.4, 0.5) is 5.69 Å². The second-order valence-electron chi connectivity index (χ2n) is 5.98. The topological polar surface area (TPSA) is 84.9 Å². The Bertz CT molecular complexity index is 651. The first-order valence-electron chi connectivity index (χ1n) is 8.37. The maximum absolute atomic E-state index is 12.3. The van der Waals surface area contributed by atoms with Crippen molar-refractivity contribution in [2.24, 2.45) is 5.92 Å². The zero-order valence-corrected chi connectivity index (χ0v) is 14.8. The van der Waals surface area contributed by atoms with E-state index >= 15 is 0 Å². The summed E-state index contributed by atoms with van der Waals surface area (Å²) in [6.45, 7) is 4.72. The number of ether oxygens (including phenoxy) is 2. The summed E-state index contributed by atoms with van der Waals surface area (Å²) >= 11 is 0. The lowest BCUT2D eigenvalue weighted by atomic mass is 9.97. The molecule has 1 N–H and O–H groups in total. The molecule has 1 aliphatic heterocycles. The van der Waals surface area contributed by atoms with Crippen molar-refractivity contribution in [3.63, 3.8) is 0 Å². The number of carbonyl (C=O) groups is 3. The summed E-state index contributed by atoms with van der Waals surface area (Å²) in [5.74, 6) is -1.26. The SMILES string of the molecule is CCOC(=O)C1CCN(C(=O)C(=O)Nc2cc(C)ccc2OC)CC1. The van der Waals surface area contributed by atoms with Crippen LogP contribution in [0.15, 0.2) is 18.2 Å². The van der Waals surface area contributed by atoms with Gasteiger partial charge in [0.2, 0.25) is 0 Å². The van der Waals surface area contributed by atoms with Crippen LogP contribution in [0.1, 0.15) is 25.3 Å². The molecule has 0 spiro atoms. The van der Waals surface area contributed by atoms with Crippen LogP contribution in [0.2, 0.25) is 0 Å². The molecular weight excluding hydrogens is 324 g/mol. The lowest BCUT2D eigenvalue weighted by molar-refractivity contribution is -0.152. The Hall–Kier alpha value is -2.57. The average molecular weight is 348 g/mol. The number of nitrogens with zero attached hydrogens (tertiary/aromatic N) is 1. The Morgan fingerprint density at radius 3 is 2.52 bits per heavy atom. The van der Waals surface area contributed by atoms with Crippen LogP contribution in [0.3, 0.4) is 0 Å². The van der Waals surface area contributed by atoms with E-state index in [4.69, 9.17) is 9.47 Å². The fourth-order valence-electron chi connectivity index (χ4n) is 2.82. The molecule has 7 heteroatoms. The zero-order valence-electron chi connectivity index (χ0n) is 14.8. The largest absolute Gasteiger partial charge is 0.495 e. The van der Waals surface area contributed by atoms with Crippen LogP contribution >= 0.6 is 0 Å². The summed E-state index contributed by atoms with van der Waals surface area (Å²) in [5, 5.41) is 2.61. The molecule has 1 saturated heterocycles. The fourth-order valence-corrected chi connectivity index (χ4v) is 2.82. The van der Waals surface area contributed by atoms with Crippen molar-refractivity contribution < 1.29 is 23.9 Å². The molecule has 0 unspecified atom stereocenters. The highest BCUT2D eigenvalue weighted by Crippen LogP contribution is 2.25. The lowest BCUT2D eigenvalue weighted by Crippen LogP contribution is -2.45. The first-order chi connectivity index (χ1) is 12.0. The van der Waals surface area contributed by atoms with E-state index < -0.39 is 11.8 Å². The van der Waals surface area contributed by atoms with Gasteiger partial charge >= 0.3 is 17.8 Å². The predicted molar refractivity (Wildman–Crippen MR) is 92.3 cm³/mol. The number of nitrogens with one attached hydrogen (secondary N) is 1. The minimum Gasteiger partial charge on any atom is -0.495 e. The highest BCUT2D eigenvalue weighted by Gasteiger charge is 2.31. The molecule has 0 bridgehead atoms. The maximum atomic E-state index is 12.3. The Morgan fingerprint density at radius 2 is 1.92 bits per heavy atom. The van der Waals surface area contributed by atoms with Gasteiger partial charge in [-0.05, 0) is 44.4 Å². The number of aryl methyl sites for hydroxylation is 1. The number of amides is 2. The molecule has 1 aromatic rings. The van der Waals surface area contributed by atoms with Gasteiger partial charge < -0.3 is 19.7 Å². The van der Waals surface area contributed by atoms with Crippen LogP contribution in [0.5, 0.6) is 5.75 Å². The summed E-state index contributed by atoms with van der Waals surface area (Å²) < 4.78 is 10.2. The van der Waals surface area contributed by atoms with Crippen molar-refractivity contribution >= 4 is 23.5 Å². The Labute approximate surface area is 147 Å². The third-order valence-electron chi connectivity index (χ3n) is 4.20. The zero-order chi connectivity index (χ0) is 18.4. The molecule has 136 valence electrons. The van der Waals surface area contributed by atoms with Gasteiger partial charge in [0, 0.05) is 13.1 Å². The van der Waals surface area contributed by atoms with Gasteiger partial charge in [-0.15, -0.1) is 0 Å². The number of hydrogen-bond acceptors (Lipinski definition) is 5. The van der Waals surface area contributed by atoms with Gasteiger partial charge in [-0.3, -0.25) is 14.4 Å². The van der Waals surface area contributed by atoms with Gasteiger partial charge in [0.25, 0.3) is 0 Å². The molecule has 1 aromatic carbocycles. The van der Waals surface area contributed by atoms with Crippen molar-refractivity contribution in [2.45, 2.75) is 26.7 Å². The number of benzene rings is 1. The van der Waals surface area contributed by atoms with Crippen molar-refractivity contribution in [1.82, 2.24) is 4.90 Å². The van der Waals surface area contributed by atoms with Crippen LogP contribution < -0.4 is 10.1 Å². The standard InChI is InChI=1S/C18H24N2O5/c1-4-25-18(23)13-7-9-20(10-8-13)17(22)16(21)19-14-11-12(2)5-6-15(14)24-3/h5-6,11,13H,4,7-10H2,1-3H3,(H,19,21). The summed E-state index contributed by atoms with van der Waals surface area (Å²) in [6.07, 6.45) is 1.01. The summed E-state index contributed by atoms with van der Waals surface area (Å²) in [5.41, 5.74) is 1.40. The number of anilines is 1. The van der Waals surface area contributed by atoms with Crippen molar-refractivity contribution in [2.75, 3.05) is 32.1 Å². The highest BCUT2D eigenvalue weighted by molar-refractivity contribution is 6.39. The van der Waals surface area contributed by atoms with E-state index in [2.05, 4.69) is 5.32 Å². The van der Waals surface area contributed by atoms with Crippen molar-refractivity contribution in [3.05, 3.63) is 23.8 Å². The second-order valence-corrected chi connectivity index (χ2v) is 5.98. The number of hydrogen-bond donors (Lipinski definition) is 1. The van der Waals surface area contributed by atoms with E-state index in [1.807, 2.05) is 13.0 Å². The molecule has 2 rings (SSSR count). The summed E-state index contributed by atoms with van der Waals surface area (Å²) in [6, 6.07) is 5.34. The monoisotopic (exact) mass is 348 g/mol. The quantitative estimate of drug-likeness (QED) is 0.662. The predicted octanol–water partition coefficient (Wildman–Crippen LogP) is 1.74. The number of methoxy groups -OCH3 is 1. The Kier molecular flexibility index (Phi) is 6.38. The molecule has 1 heterocycles. The smallest absolute Gasteiger partial charge is 0.314 e. The van der Waals surface area contributed by atoms with Gasteiger partial charge in [0.1, 0.15) is 5.75 Å². The number of likely N-dealkylation sites (tertiary alicyclic amines) is 1. The van der Waals surface area contributed by atoms with Crippen LogP contribution in [-0.2, 0) is 19.1 Å². The van der Waals surface area contributed by atoms with Gasteiger partial charge in [-0.2, -0.15) is 0 Å². The van der Waals surface area contributed by atoms with E-state index in [1.165, 1.54) is 12.0 Å². The number of rotatable bonds is 4. The van der Waals surface area contributed by atoms with Crippen LogP contribution in [-0.4, -0.2) is 49.5 Å². The first kappa shape index (κ1) is 18.8. The number of carbonyl (C=O) groups excluding carboxylic acids is 3. The van der Waals surface area contributed by atoms with Crippen molar-refractivity contribution in [1.29, 1.82) is 0 Å². The van der Waals surface area contributed by atoms with Gasteiger partial charge in [-0.25, -0.2) is 0 Å². The first-order valence-corrected chi connectivity index (χ1v) is 8.37. The number of esters is 1.